The molecule has 0 saturated carbocycles. The van der Waals surface area contributed by atoms with Gasteiger partial charge in [0.25, 0.3) is 0 Å². The third-order valence-corrected chi connectivity index (χ3v) is 2.23. The average molecular weight is 207 g/mol. The van der Waals surface area contributed by atoms with Crippen LogP contribution < -0.4 is 5.32 Å². The van der Waals surface area contributed by atoms with Gasteiger partial charge in [0, 0.05) is 6.20 Å². The summed E-state index contributed by atoms with van der Waals surface area (Å²) in [6, 6.07) is 0.0594. The van der Waals surface area contributed by atoms with E-state index in [-0.39, 0.29) is 11.5 Å². The summed E-state index contributed by atoms with van der Waals surface area (Å²) < 4.78 is 0. The molecule has 1 atom stereocenters. The highest BCUT2D eigenvalue weighted by Crippen LogP contribution is 2.29. The normalized spacial score (nSPS) is 24.2. The summed E-state index contributed by atoms with van der Waals surface area (Å²) in [5.41, 5.74) is 0.0453. The number of nitrogens with zero attached hydrogens (tertiary/aromatic N) is 1. The molecule has 0 aromatic heterocycles. The highest BCUT2D eigenvalue weighted by molar-refractivity contribution is 6.65. The van der Waals surface area contributed by atoms with Crippen LogP contribution in [0.1, 0.15) is 20.8 Å². The molecule has 1 heterocycles. The molecule has 12 heavy (non-hydrogen) atoms. The summed E-state index contributed by atoms with van der Waals surface area (Å²) in [6.07, 6.45) is 1.59. The van der Waals surface area contributed by atoms with Crippen LogP contribution in [0.4, 0.5) is 0 Å². The minimum Gasteiger partial charge on any atom is -0.352 e. The van der Waals surface area contributed by atoms with Crippen LogP contribution in [-0.4, -0.2) is 11.3 Å². The van der Waals surface area contributed by atoms with E-state index in [2.05, 4.69) is 31.1 Å². The second-order valence-corrected chi connectivity index (χ2v) is 4.67. The molecule has 2 nitrogen and oxygen atoms in total. The van der Waals surface area contributed by atoms with Gasteiger partial charge in [0.15, 0.2) is 5.29 Å². The molecule has 1 N–H and O–H groups in total. The number of amidine groups is 1. The van der Waals surface area contributed by atoms with E-state index in [1.807, 2.05) is 0 Å². The number of hydrogen-bond donors (Lipinski definition) is 1. The van der Waals surface area contributed by atoms with Crippen LogP contribution in [0.25, 0.3) is 0 Å². The van der Waals surface area contributed by atoms with Gasteiger partial charge in [0.1, 0.15) is 0 Å². The molecule has 0 fully saturated rings. The molecule has 0 aromatic carbocycles. The van der Waals surface area contributed by atoms with Crippen molar-refractivity contribution in [3.8, 4) is 0 Å². The van der Waals surface area contributed by atoms with E-state index in [0.717, 1.165) is 0 Å². The van der Waals surface area contributed by atoms with Gasteiger partial charge in [-0.2, -0.15) is 0 Å². The molecule has 0 radical (unpaired) electrons. The van der Waals surface area contributed by atoms with Crippen LogP contribution >= 0.6 is 23.2 Å². The first kappa shape index (κ1) is 9.87. The lowest BCUT2D eigenvalue weighted by molar-refractivity contribution is 0.338. The van der Waals surface area contributed by atoms with Crippen molar-refractivity contribution in [3.63, 3.8) is 0 Å². The van der Waals surface area contributed by atoms with Crippen LogP contribution in [0, 0.1) is 5.41 Å². The van der Waals surface area contributed by atoms with Gasteiger partial charge >= 0.3 is 0 Å². The molecule has 1 unspecified atom stereocenters. The highest BCUT2D eigenvalue weighted by atomic mass is 35.5. The summed E-state index contributed by atoms with van der Waals surface area (Å²) in [4.78, 5) is 3.85. The van der Waals surface area contributed by atoms with Crippen LogP contribution in [0.3, 0.4) is 0 Å². The Hall–Kier alpha value is -0.210. The van der Waals surface area contributed by atoms with Crippen molar-refractivity contribution in [1.82, 2.24) is 5.32 Å². The van der Waals surface area contributed by atoms with E-state index in [1.165, 1.54) is 0 Å². The molecular weight excluding hydrogens is 195 g/mol. The summed E-state index contributed by atoms with van der Waals surface area (Å²) in [6.45, 7) is 6.28. The average Bonchev–Trinajstić information content (AvgIpc) is 1.92. The van der Waals surface area contributed by atoms with Gasteiger partial charge in [0.2, 0.25) is 0 Å². The van der Waals surface area contributed by atoms with E-state index in [1.54, 1.807) is 6.20 Å². The molecule has 1 rings (SSSR count). The number of aliphatic imine (C=N–C) groups is 1. The third kappa shape index (κ3) is 2.14. The maximum absolute atomic E-state index is 5.97. The molecule has 68 valence electrons. The lowest BCUT2D eigenvalue weighted by Crippen LogP contribution is -2.43. The van der Waals surface area contributed by atoms with Crippen LogP contribution in [0.2, 0.25) is 0 Å². The first-order chi connectivity index (χ1) is 5.41. The molecule has 0 amide bonds. The van der Waals surface area contributed by atoms with Crippen LogP contribution in [0.15, 0.2) is 16.2 Å². The first-order valence-electron chi connectivity index (χ1n) is 3.76. The highest BCUT2D eigenvalue weighted by Gasteiger charge is 2.29. The predicted molar refractivity (Wildman–Crippen MR) is 53.6 cm³/mol. The Kier molecular flexibility index (Phi) is 2.69. The van der Waals surface area contributed by atoms with Gasteiger partial charge < -0.3 is 5.32 Å². The SMILES string of the molecule is CC(C)(C)C1NC(Cl)=NC=C1Cl. The van der Waals surface area contributed by atoms with E-state index < -0.39 is 0 Å². The van der Waals surface area contributed by atoms with Crippen molar-refractivity contribution >= 4 is 28.5 Å². The lowest BCUT2D eigenvalue weighted by atomic mass is 9.86. The van der Waals surface area contributed by atoms with Crippen molar-refractivity contribution in [2.75, 3.05) is 0 Å². The number of nitrogens with one attached hydrogen (secondary N) is 1. The van der Waals surface area contributed by atoms with E-state index >= 15 is 0 Å². The summed E-state index contributed by atoms with van der Waals surface area (Å²) >= 11 is 11.7. The monoisotopic (exact) mass is 206 g/mol. The molecule has 1 aliphatic rings. The summed E-state index contributed by atoms with van der Waals surface area (Å²) in [7, 11) is 0. The minimum atomic E-state index is 0.0453. The predicted octanol–water partition coefficient (Wildman–Crippen LogP) is 2.68. The Bertz CT molecular complexity index is 238. The Morgan fingerprint density at radius 3 is 2.42 bits per heavy atom. The number of halogens is 2. The smallest absolute Gasteiger partial charge is 0.196 e. The summed E-state index contributed by atoms with van der Waals surface area (Å²) in [5.74, 6) is 0. The van der Waals surface area contributed by atoms with Gasteiger partial charge in [-0.1, -0.05) is 32.4 Å². The molecule has 1 aliphatic heterocycles. The third-order valence-electron chi connectivity index (χ3n) is 1.71. The van der Waals surface area contributed by atoms with Gasteiger partial charge in [-0.05, 0) is 17.0 Å². The molecule has 0 spiro atoms. The van der Waals surface area contributed by atoms with Crippen molar-refractivity contribution < 1.29 is 0 Å². The topological polar surface area (TPSA) is 24.4 Å². The standard InChI is InChI=1S/C8H12Cl2N2/c1-8(2,3)6-5(9)4-11-7(10)12-6/h4,6H,1-3H3,(H,11,12). The summed E-state index contributed by atoms with van der Waals surface area (Å²) in [5, 5.41) is 4.12. The second kappa shape index (κ2) is 3.27. The van der Waals surface area contributed by atoms with Crippen LogP contribution in [-0.2, 0) is 0 Å². The Balaban J connectivity index is 2.84. The van der Waals surface area contributed by atoms with E-state index in [4.69, 9.17) is 23.2 Å². The molecule has 0 bridgehead atoms. The molecule has 0 aromatic rings. The fourth-order valence-electron chi connectivity index (χ4n) is 1.05. The maximum atomic E-state index is 5.97. The molecule has 4 heteroatoms. The van der Waals surface area contributed by atoms with E-state index in [0.29, 0.717) is 10.3 Å². The fourth-order valence-corrected chi connectivity index (χ4v) is 1.64. The minimum absolute atomic E-state index is 0.0453. The first-order valence-corrected chi connectivity index (χ1v) is 4.52. The van der Waals surface area contributed by atoms with Gasteiger partial charge in [-0.3, -0.25) is 0 Å². The van der Waals surface area contributed by atoms with Crippen molar-refractivity contribution in [2.45, 2.75) is 26.8 Å². The van der Waals surface area contributed by atoms with Crippen molar-refractivity contribution in [1.29, 1.82) is 0 Å². The lowest BCUT2D eigenvalue weighted by Gasteiger charge is -2.32. The van der Waals surface area contributed by atoms with Gasteiger partial charge in [-0.25, -0.2) is 4.99 Å². The zero-order valence-electron chi connectivity index (χ0n) is 7.36. The largest absolute Gasteiger partial charge is 0.352 e. The Morgan fingerprint density at radius 1 is 1.42 bits per heavy atom. The van der Waals surface area contributed by atoms with E-state index in [9.17, 15) is 0 Å². The Morgan fingerprint density at radius 2 is 2.00 bits per heavy atom. The fraction of sp³-hybridized carbons (Fsp3) is 0.625. The van der Waals surface area contributed by atoms with Crippen molar-refractivity contribution in [3.05, 3.63) is 11.2 Å². The van der Waals surface area contributed by atoms with Gasteiger partial charge in [0.05, 0.1) is 11.1 Å². The second-order valence-electron chi connectivity index (χ2n) is 3.88. The molecule has 0 aliphatic carbocycles. The van der Waals surface area contributed by atoms with Crippen molar-refractivity contribution in [2.24, 2.45) is 10.4 Å². The quantitative estimate of drug-likeness (QED) is 0.606. The maximum Gasteiger partial charge on any atom is 0.196 e. The Labute approximate surface area is 82.7 Å². The van der Waals surface area contributed by atoms with Crippen LogP contribution in [0.5, 0.6) is 0 Å². The molecular formula is C8H12Cl2N2. The zero-order chi connectivity index (χ0) is 9.35. The number of hydrogen-bond acceptors (Lipinski definition) is 2. The van der Waals surface area contributed by atoms with Gasteiger partial charge in [-0.15, -0.1) is 0 Å². The number of rotatable bonds is 0. The zero-order valence-corrected chi connectivity index (χ0v) is 8.87. The molecule has 0 saturated heterocycles.